The summed E-state index contributed by atoms with van der Waals surface area (Å²) in [5.74, 6) is 0.359. The van der Waals surface area contributed by atoms with E-state index in [2.05, 4.69) is 21.7 Å². The number of fused-ring (bicyclic) bond motifs is 1. The summed E-state index contributed by atoms with van der Waals surface area (Å²) < 4.78 is 26.1. The summed E-state index contributed by atoms with van der Waals surface area (Å²) >= 11 is 0. The maximum absolute atomic E-state index is 14.0. The van der Waals surface area contributed by atoms with Gasteiger partial charge in [-0.1, -0.05) is 24.3 Å². The van der Waals surface area contributed by atoms with Gasteiger partial charge in [-0.3, -0.25) is 9.00 Å². The van der Waals surface area contributed by atoms with Gasteiger partial charge in [0, 0.05) is 46.6 Å². The van der Waals surface area contributed by atoms with Crippen LogP contribution in [-0.4, -0.2) is 43.3 Å². The predicted molar refractivity (Wildman–Crippen MR) is 159 cm³/mol. The Balaban J connectivity index is 1.84. The lowest BCUT2D eigenvalue weighted by Gasteiger charge is -2.26. The lowest BCUT2D eigenvalue weighted by Crippen LogP contribution is -2.31. The molecule has 0 fully saturated rings. The van der Waals surface area contributed by atoms with Crippen molar-refractivity contribution >= 4 is 27.7 Å². The van der Waals surface area contributed by atoms with Gasteiger partial charge in [0.2, 0.25) is 5.88 Å². The van der Waals surface area contributed by atoms with Gasteiger partial charge >= 0.3 is 5.97 Å². The van der Waals surface area contributed by atoms with Crippen molar-refractivity contribution in [1.29, 1.82) is 0 Å². The number of hydrogen-bond donors (Lipinski definition) is 1. The lowest BCUT2D eigenvalue weighted by molar-refractivity contribution is -0.153. The highest BCUT2D eigenvalue weighted by Crippen LogP contribution is 2.39. The van der Waals surface area contributed by atoms with Crippen molar-refractivity contribution in [3.63, 3.8) is 0 Å². The Labute approximate surface area is 238 Å². The number of esters is 1. The van der Waals surface area contributed by atoms with Gasteiger partial charge in [-0.25, -0.2) is 4.98 Å². The third-order valence-corrected chi connectivity index (χ3v) is 8.79. The fourth-order valence-corrected chi connectivity index (χ4v) is 6.08. The molecule has 0 spiro atoms. The summed E-state index contributed by atoms with van der Waals surface area (Å²) in [6, 6.07) is 17.2. The second-order valence-corrected chi connectivity index (χ2v) is 13.7. The minimum atomic E-state index is -1.42. The molecule has 2 heterocycles. The Kier molecular flexibility index (Phi) is 8.40. The fraction of sp³-hybridized carbons (Fsp3) is 0.375. The summed E-state index contributed by atoms with van der Waals surface area (Å²) in [7, 11) is 0.174. The number of phenols is 1. The molecule has 0 amide bonds. The van der Waals surface area contributed by atoms with Gasteiger partial charge in [-0.05, 0) is 76.9 Å². The van der Waals surface area contributed by atoms with Crippen LogP contribution in [0.15, 0.2) is 65.7 Å². The first-order valence-electron chi connectivity index (χ1n) is 13.4. The number of pyridine rings is 1. The second-order valence-electron chi connectivity index (χ2n) is 11.5. The van der Waals surface area contributed by atoms with Gasteiger partial charge in [0.25, 0.3) is 0 Å². The van der Waals surface area contributed by atoms with E-state index in [0.29, 0.717) is 23.7 Å². The molecule has 0 saturated carbocycles. The number of nitrogens with zero attached hydrogens (tertiary/aromatic N) is 2. The third-order valence-electron chi connectivity index (χ3n) is 6.86. The van der Waals surface area contributed by atoms with Crippen LogP contribution in [0.1, 0.15) is 52.8 Å². The van der Waals surface area contributed by atoms with Crippen LogP contribution in [0.2, 0.25) is 0 Å². The zero-order valence-corrected chi connectivity index (χ0v) is 25.1. The molecule has 1 unspecified atom stereocenters. The molecule has 0 aliphatic rings. The Morgan fingerprint density at radius 1 is 1.00 bits per heavy atom. The van der Waals surface area contributed by atoms with Crippen LogP contribution in [0, 0.1) is 5.41 Å². The van der Waals surface area contributed by atoms with Crippen molar-refractivity contribution < 1.29 is 23.6 Å². The molecule has 0 bridgehead atoms. The molecule has 4 aromatic rings. The quantitative estimate of drug-likeness (QED) is 0.234. The average Bonchev–Trinajstić information content (AvgIpc) is 3.19. The molecule has 40 heavy (non-hydrogen) atoms. The number of rotatable bonds is 9. The van der Waals surface area contributed by atoms with Gasteiger partial charge < -0.3 is 19.1 Å². The molecule has 1 N–H and O–H groups in total. The molecule has 4 rings (SSSR count). The topological polar surface area (TPSA) is 90.7 Å². The van der Waals surface area contributed by atoms with Crippen LogP contribution >= 0.6 is 0 Å². The molecule has 0 aliphatic heterocycles. The van der Waals surface area contributed by atoms with Gasteiger partial charge in [0.05, 0.1) is 40.3 Å². The number of carbonyl (C=O) groups is 1. The van der Waals surface area contributed by atoms with Crippen LogP contribution in [0.3, 0.4) is 0 Å². The minimum absolute atomic E-state index is 0.102. The molecule has 0 aliphatic carbocycles. The van der Waals surface area contributed by atoms with Gasteiger partial charge in [-0.2, -0.15) is 0 Å². The Hall–Kier alpha value is -3.65. The molecule has 2 aromatic carbocycles. The molecular weight excluding hydrogens is 524 g/mol. The normalized spacial score (nSPS) is 12.9. The first kappa shape index (κ1) is 29.3. The van der Waals surface area contributed by atoms with Crippen molar-refractivity contribution in [2.45, 2.75) is 64.2 Å². The number of aromatic hydroxyl groups is 1. The summed E-state index contributed by atoms with van der Waals surface area (Å²) in [5, 5.41) is 11.1. The van der Waals surface area contributed by atoms with E-state index in [9.17, 15) is 14.1 Å². The molecule has 0 radical (unpaired) electrons. The number of ether oxygens (including phenoxy) is 2. The van der Waals surface area contributed by atoms with E-state index in [-0.39, 0.29) is 18.3 Å². The Morgan fingerprint density at radius 3 is 2.25 bits per heavy atom. The van der Waals surface area contributed by atoms with Crippen molar-refractivity contribution in [1.82, 2.24) is 9.55 Å². The first-order chi connectivity index (χ1) is 18.9. The van der Waals surface area contributed by atoms with E-state index in [1.807, 2.05) is 65.0 Å². The summed E-state index contributed by atoms with van der Waals surface area (Å²) in [6.07, 6.45) is 2.11. The number of aromatic nitrogens is 2. The predicted octanol–water partition coefficient (Wildman–Crippen LogP) is 6.50. The lowest BCUT2D eigenvalue weighted by atomic mass is 9.87. The standard InChI is InChI=1S/C32H38N2O5S/c1-8-39-30(36)32(5,6)18-27-29(40(37)31(2,3)4)25-17-24(35)14-15-26(25)34(27)20-21-9-11-22(12-10-21)23-13-16-28(38-7)33-19-23/h9-17,19,35H,8,18,20H2,1-7H3. The van der Waals surface area contributed by atoms with Gasteiger partial charge in [0.15, 0.2) is 0 Å². The first-order valence-corrected chi connectivity index (χ1v) is 14.5. The zero-order valence-electron chi connectivity index (χ0n) is 24.3. The zero-order chi connectivity index (χ0) is 29.2. The van der Waals surface area contributed by atoms with Crippen LogP contribution in [0.25, 0.3) is 22.0 Å². The highest BCUT2D eigenvalue weighted by molar-refractivity contribution is 7.86. The molecular formula is C32H38N2O5S. The summed E-state index contributed by atoms with van der Waals surface area (Å²) in [4.78, 5) is 17.9. The Bertz CT molecular complexity index is 1530. The largest absolute Gasteiger partial charge is 0.508 e. The van der Waals surface area contributed by atoms with Crippen LogP contribution in [0.4, 0.5) is 0 Å². The number of methoxy groups -OCH3 is 1. The molecule has 1 atom stereocenters. The van der Waals surface area contributed by atoms with E-state index in [0.717, 1.165) is 33.3 Å². The highest BCUT2D eigenvalue weighted by Gasteiger charge is 2.36. The fourth-order valence-electron chi connectivity index (χ4n) is 4.71. The highest BCUT2D eigenvalue weighted by atomic mass is 32.2. The van der Waals surface area contributed by atoms with Crippen molar-refractivity contribution in [2.24, 2.45) is 5.41 Å². The van der Waals surface area contributed by atoms with Crippen LogP contribution in [-0.2, 0) is 33.3 Å². The van der Waals surface area contributed by atoms with Crippen molar-refractivity contribution in [2.75, 3.05) is 13.7 Å². The molecule has 2 aromatic heterocycles. The maximum Gasteiger partial charge on any atom is 0.311 e. The number of hydrogen-bond acceptors (Lipinski definition) is 6. The van der Waals surface area contributed by atoms with Gasteiger partial charge in [-0.15, -0.1) is 0 Å². The van der Waals surface area contributed by atoms with E-state index < -0.39 is 21.0 Å². The number of carbonyl (C=O) groups excluding carboxylic acids is 1. The van der Waals surface area contributed by atoms with E-state index in [1.54, 1.807) is 32.4 Å². The van der Waals surface area contributed by atoms with Gasteiger partial charge in [0.1, 0.15) is 5.75 Å². The minimum Gasteiger partial charge on any atom is -0.508 e. The summed E-state index contributed by atoms with van der Waals surface area (Å²) in [5.41, 5.74) is 3.84. The van der Waals surface area contributed by atoms with Crippen LogP contribution < -0.4 is 4.74 Å². The van der Waals surface area contributed by atoms with Crippen molar-refractivity contribution in [3.8, 4) is 22.8 Å². The third kappa shape index (κ3) is 6.07. The second kappa shape index (κ2) is 11.5. The molecule has 7 nitrogen and oxygen atoms in total. The molecule has 212 valence electrons. The van der Waals surface area contributed by atoms with E-state index in [4.69, 9.17) is 9.47 Å². The SMILES string of the molecule is CCOC(=O)C(C)(C)Cc1c(S(=O)C(C)(C)C)c2cc(O)ccc2n1Cc1ccc(-c2ccc(OC)nc2)cc1. The smallest absolute Gasteiger partial charge is 0.311 e. The van der Waals surface area contributed by atoms with E-state index >= 15 is 0 Å². The molecule has 0 saturated heterocycles. The summed E-state index contributed by atoms with van der Waals surface area (Å²) in [6.45, 7) is 12.1. The monoisotopic (exact) mass is 562 g/mol. The maximum atomic E-state index is 14.0. The van der Waals surface area contributed by atoms with Crippen LogP contribution in [0.5, 0.6) is 11.6 Å². The Morgan fingerprint density at radius 2 is 1.68 bits per heavy atom. The average molecular weight is 563 g/mol. The number of phenolic OH excluding ortho intramolecular Hbond substituents is 1. The van der Waals surface area contributed by atoms with E-state index in [1.165, 1.54) is 0 Å². The molecule has 8 heteroatoms. The van der Waals surface area contributed by atoms with Crippen molar-refractivity contribution in [3.05, 3.63) is 72.1 Å². The number of benzene rings is 2.